The van der Waals surface area contributed by atoms with Gasteiger partial charge in [0.2, 0.25) is 0 Å². The van der Waals surface area contributed by atoms with Crippen LogP contribution in [-0.2, 0) is 18.3 Å². The molecule has 1 aromatic carbocycles. The number of para-hydroxylation sites is 2. The van der Waals surface area contributed by atoms with Crippen LogP contribution in [0.25, 0.3) is 0 Å². The molecular weight excluding hydrogens is 242 g/mol. The second kappa shape index (κ2) is 4.76. The fourth-order valence-electron chi connectivity index (χ4n) is 2.13. The van der Waals surface area contributed by atoms with Gasteiger partial charge in [-0.3, -0.25) is 4.79 Å². The molecule has 0 aliphatic carbocycles. The first-order valence-electron chi connectivity index (χ1n) is 6.22. The third-order valence-corrected chi connectivity index (χ3v) is 3.25. The fourth-order valence-corrected chi connectivity index (χ4v) is 2.13. The number of ketones is 1. The first-order chi connectivity index (χ1) is 9.24. The summed E-state index contributed by atoms with van der Waals surface area (Å²) in [5.41, 5.74) is 0.934. The molecular formula is C14H15N3O2. The smallest absolute Gasteiger partial charge is 0.182 e. The first-order valence-corrected chi connectivity index (χ1v) is 6.22. The van der Waals surface area contributed by atoms with Crippen LogP contribution in [0.5, 0.6) is 5.75 Å². The SMILES string of the molecule is Cn1ccnc1CC(=O)C1CNc2ccccc2O1. The summed E-state index contributed by atoms with van der Waals surface area (Å²) in [6.45, 7) is 0.500. The van der Waals surface area contributed by atoms with Gasteiger partial charge in [0.1, 0.15) is 11.6 Å². The van der Waals surface area contributed by atoms with E-state index in [1.165, 1.54) is 0 Å². The van der Waals surface area contributed by atoms with Crippen LogP contribution in [0, 0.1) is 0 Å². The number of nitrogens with zero attached hydrogens (tertiary/aromatic N) is 2. The Labute approximate surface area is 111 Å². The Kier molecular flexibility index (Phi) is 2.95. The number of benzene rings is 1. The number of nitrogens with one attached hydrogen (secondary N) is 1. The van der Waals surface area contributed by atoms with Crippen LogP contribution in [0.4, 0.5) is 5.69 Å². The minimum Gasteiger partial charge on any atom is -0.479 e. The van der Waals surface area contributed by atoms with E-state index in [4.69, 9.17) is 4.74 Å². The molecule has 1 N–H and O–H groups in total. The minimum absolute atomic E-state index is 0.0382. The van der Waals surface area contributed by atoms with Gasteiger partial charge in [-0.25, -0.2) is 4.98 Å². The highest BCUT2D eigenvalue weighted by atomic mass is 16.5. The predicted molar refractivity (Wildman–Crippen MR) is 71.3 cm³/mol. The Morgan fingerprint density at radius 1 is 1.53 bits per heavy atom. The van der Waals surface area contributed by atoms with Gasteiger partial charge in [0.25, 0.3) is 0 Å². The summed E-state index contributed by atoms with van der Waals surface area (Å²) < 4.78 is 7.58. The van der Waals surface area contributed by atoms with Gasteiger partial charge < -0.3 is 14.6 Å². The van der Waals surface area contributed by atoms with Crippen molar-refractivity contribution in [2.45, 2.75) is 12.5 Å². The Morgan fingerprint density at radius 3 is 3.16 bits per heavy atom. The molecule has 0 fully saturated rings. The van der Waals surface area contributed by atoms with Gasteiger partial charge in [-0.15, -0.1) is 0 Å². The molecule has 1 atom stereocenters. The summed E-state index contributed by atoms with van der Waals surface area (Å²) >= 11 is 0. The molecule has 0 amide bonds. The first kappa shape index (κ1) is 11.8. The van der Waals surface area contributed by atoms with Crippen molar-refractivity contribution < 1.29 is 9.53 Å². The maximum absolute atomic E-state index is 12.2. The average molecular weight is 257 g/mol. The number of ether oxygens (including phenoxy) is 1. The number of fused-ring (bicyclic) bond motifs is 1. The van der Waals surface area contributed by atoms with E-state index in [0.29, 0.717) is 6.54 Å². The number of hydrogen-bond acceptors (Lipinski definition) is 4. The van der Waals surface area contributed by atoms with E-state index >= 15 is 0 Å². The second-order valence-electron chi connectivity index (χ2n) is 4.58. The van der Waals surface area contributed by atoms with Crippen LogP contribution in [0.1, 0.15) is 5.82 Å². The van der Waals surface area contributed by atoms with Crippen LogP contribution < -0.4 is 10.1 Å². The molecule has 0 saturated carbocycles. The number of hydrogen-bond donors (Lipinski definition) is 1. The lowest BCUT2D eigenvalue weighted by atomic mass is 10.1. The number of anilines is 1. The molecule has 0 radical (unpaired) electrons. The van der Waals surface area contributed by atoms with Crippen LogP contribution in [-0.4, -0.2) is 28.0 Å². The zero-order chi connectivity index (χ0) is 13.2. The molecule has 0 bridgehead atoms. The van der Waals surface area contributed by atoms with Crippen LogP contribution in [0.2, 0.25) is 0 Å². The lowest BCUT2D eigenvalue weighted by molar-refractivity contribution is -0.124. The van der Waals surface area contributed by atoms with E-state index in [-0.39, 0.29) is 12.2 Å². The third-order valence-electron chi connectivity index (χ3n) is 3.25. The van der Waals surface area contributed by atoms with E-state index in [1.807, 2.05) is 42.1 Å². The molecule has 19 heavy (non-hydrogen) atoms. The van der Waals surface area contributed by atoms with Gasteiger partial charge in [0.15, 0.2) is 11.9 Å². The fraction of sp³-hybridized carbons (Fsp3) is 0.286. The monoisotopic (exact) mass is 257 g/mol. The number of aromatic nitrogens is 2. The summed E-state index contributed by atoms with van der Waals surface area (Å²) in [7, 11) is 1.88. The quantitative estimate of drug-likeness (QED) is 0.903. The molecule has 2 heterocycles. The van der Waals surface area contributed by atoms with Crippen LogP contribution >= 0.6 is 0 Å². The van der Waals surface area contributed by atoms with E-state index < -0.39 is 6.10 Å². The molecule has 1 aliphatic rings. The molecule has 1 unspecified atom stereocenters. The van der Waals surface area contributed by atoms with Crippen molar-refractivity contribution in [2.24, 2.45) is 7.05 Å². The molecule has 5 nitrogen and oxygen atoms in total. The molecule has 98 valence electrons. The van der Waals surface area contributed by atoms with Crippen LogP contribution in [0.15, 0.2) is 36.7 Å². The van der Waals surface area contributed by atoms with Gasteiger partial charge in [-0.1, -0.05) is 12.1 Å². The van der Waals surface area contributed by atoms with Crippen molar-refractivity contribution in [3.8, 4) is 5.75 Å². The van der Waals surface area contributed by atoms with Gasteiger partial charge in [-0.05, 0) is 12.1 Å². The molecule has 5 heteroatoms. The highest BCUT2D eigenvalue weighted by molar-refractivity contribution is 5.86. The minimum atomic E-state index is -0.452. The predicted octanol–water partition coefficient (Wildman–Crippen LogP) is 1.40. The van der Waals surface area contributed by atoms with Gasteiger partial charge >= 0.3 is 0 Å². The highest BCUT2D eigenvalue weighted by Gasteiger charge is 2.26. The van der Waals surface area contributed by atoms with Crippen LogP contribution in [0.3, 0.4) is 0 Å². The number of Topliss-reactive ketones (excluding diaryl/α,β-unsaturated/α-hetero) is 1. The second-order valence-corrected chi connectivity index (χ2v) is 4.58. The maximum atomic E-state index is 12.2. The number of imidazole rings is 1. The summed E-state index contributed by atoms with van der Waals surface area (Å²) in [6.07, 6.45) is 3.36. The van der Waals surface area contributed by atoms with E-state index in [9.17, 15) is 4.79 Å². The van der Waals surface area contributed by atoms with Crippen molar-refractivity contribution >= 4 is 11.5 Å². The zero-order valence-corrected chi connectivity index (χ0v) is 10.7. The number of carbonyl (C=O) groups is 1. The molecule has 1 aromatic heterocycles. The Bertz CT molecular complexity index is 606. The molecule has 0 saturated heterocycles. The third kappa shape index (κ3) is 2.31. The number of aryl methyl sites for hydroxylation is 1. The Hall–Kier alpha value is -2.30. The van der Waals surface area contributed by atoms with Gasteiger partial charge in [0.05, 0.1) is 18.7 Å². The van der Waals surface area contributed by atoms with E-state index in [1.54, 1.807) is 6.20 Å². The molecule has 1 aliphatic heterocycles. The van der Waals surface area contributed by atoms with Crippen molar-refractivity contribution in [1.29, 1.82) is 0 Å². The summed E-state index contributed by atoms with van der Waals surface area (Å²) in [6, 6.07) is 7.63. The molecule has 2 aromatic rings. The van der Waals surface area contributed by atoms with Crippen molar-refractivity contribution in [1.82, 2.24) is 9.55 Å². The molecule has 0 spiro atoms. The highest BCUT2D eigenvalue weighted by Crippen LogP contribution is 2.28. The average Bonchev–Trinajstić information content (AvgIpc) is 2.84. The summed E-state index contributed by atoms with van der Waals surface area (Å²) in [5.74, 6) is 1.52. The molecule has 3 rings (SSSR count). The lowest BCUT2D eigenvalue weighted by Gasteiger charge is -2.26. The van der Waals surface area contributed by atoms with Gasteiger partial charge in [0, 0.05) is 19.4 Å². The van der Waals surface area contributed by atoms with Crippen molar-refractivity contribution in [3.63, 3.8) is 0 Å². The number of rotatable bonds is 3. The summed E-state index contributed by atoms with van der Waals surface area (Å²) in [4.78, 5) is 16.4. The van der Waals surface area contributed by atoms with E-state index in [2.05, 4.69) is 10.3 Å². The maximum Gasteiger partial charge on any atom is 0.182 e. The lowest BCUT2D eigenvalue weighted by Crippen LogP contribution is -2.38. The number of carbonyl (C=O) groups excluding carboxylic acids is 1. The Morgan fingerprint density at radius 2 is 2.37 bits per heavy atom. The van der Waals surface area contributed by atoms with Crippen molar-refractivity contribution in [2.75, 3.05) is 11.9 Å². The van der Waals surface area contributed by atoms with Gasteiger partial charge in [-0.2, -0.15) is 0 Å². The standard InChI is InChI=1S/C14H15N3O2/c1-17-7-6-15-14(17)8-11(18)13-9-16-10-4-2-3-5-12(10)19-13/h2-7,13,16H,8-9H2,1H3. The zero-order valence-electron chi connectivity index (χ0n) is 10.7. The summed E-state index contributed by atoms with van der Waals surface area (Å²) in [5, 5.41) is 3.21. The normalized spacial score (nSPS) is 17.2. The Balaban J connectivity index is 1.71. The van der Waals surface area contributed by atoms with Crippen molar-refractivity contribution in [3.05, 3.63) is 42.5 Å². The largest absolute Gasteiger partial charge is 0.479 e. The van der Waals surface area contributed by atoms with E-state index in [0.717, 1.165) is 17.3 Å². The topological polar surface area (TPSA) is 56.2 Å².